The van der Waals surface area contributed by atoms with Crippen molar-refractivity contribution in [1.82, 2.24) is 19.4 Å². The van der Waals surface area contributed by atoms with Gasteiger partial charge in [0, 0.05) is 57.7 Å². The van der Waals surface area contributed by atoms with Crippen LogP contribution in [0.15, 0.2) is 72.6 Å². The van der Waals surface area contributed by atoms with Crippen molar-refractivity contribution in [2.24, 2.45) is 0 Å². The number of carbonyl (C=O) groups excluding carboxylic acids is 1. The highest BCUT2D eigenvalue weighted by atomic mass is 32.1. The van der Waals surface area contributed by atoms with Gasteiger partial charge >= 0.3 is 0 Å². The summed E-state index contributed by atoms with van der Waals surface area (Å²) in [6, 6.07) is 15.2. The van der Waals surface area contributed by atoms with E-state index in [2.05, 4.69) is 32.0 Å². The third-order valence-corrected chi connectivity index (χ3v) is 9.79. The second-order valence-corrected chi connectivity index (χ2v) is 15.2. The third kappa shape index (κ3) is 6.39. The minimum atomic E-state index is -2.64. The molecule has 42 heavy (non-hydrogen) atoms. The Balaban J connectivity index is 1.25. The third-order valence-electron chi connectivity index (χ3n) is 7.45. The normalized spacial score (nSPS) is 13.7. The smallest absolute Gasteiger partial charge is 0.255 e. The van der Waals surface area contributed by atoms with Crippen LogP contribution in [0.2, 0.25) is 0 Å². The summed E-state index contributed by atoms with van der Waals surface area (Å²) in [5.41, 5.74) is 5.48. The van der Waals surface area contributed by atoms with Crippen molar-refractivity contribution in [1.29, 1.82) is 0 Å². The van der Waals surface area contributed by atoms with Crippen LogP contribution in [-0.2, 0) is 11.1 Å². The van der Waals surface area contributed by atoms with Gasteiger partial charge in [-0.05, 0) is 99.6 Å². The van der Waals surface area contributed by atoms with E-state index in [0.717, 1.165) is 57.9 Å². The number of anilines is 1. The number of benzene rings is 2. The zero-order chi connectivity index (χ0) is 29.3. The van der Waals surface area contributed by atoms with Gasteiger partial charge in [0.1, 0.15) is 12.0 Å². The van der Waals surface area contributed by atoms with Gasteiger partial charge in [0.2, 0.25) is 0 Å². The highest BCUT2D eigenvalue weighted by Gasteiger charge is 2.18. The molecule has 4 heterocycles. The molecule has 1 aliphatic rings. The molecule has 0 saturated carbocycles. The maximum absolute atomic E-state index is 13.5. The average molecular weight is 594 g/mol. The molecule has 1 fully saturated rings. The SMILES string of the molecule is Cc1ccc(NC(=O)c2cc(-n3cnc(CN4CCCC4)c3)cc(P(C)(C)=O)c2)cc1C#Cc1cnc2sccc2c1. The van der Waals surface area contributed by atoms with E-state index in [1.54, 1.807) is 43.3 Å². The van der Waals surface area contributed by atoms with Crippen LogP contribution in [0.25, 0.3) is 15.9 Å². The molecule has 1 saturated heterocycles. The van der Waals surface area contributed by atoms with Gasteiger partial charge in [0.15, 0.2) is 0 Å². The summed E-state index contributed by atoms with van der Waals surface area (Å²) < 4.78 is 15.0. The first kappa shape index (κ1) is 28.1. The summed E-state index contributed by atoms with van der Waals surface area (Å²) in [5.74, 6) is 6.17. The van der Waals surface area contributed by atoms with E-state index in [1.165, 1.54) is 12.8 Å². The number of likely N-dealkylation sites (tertiary alicyclic amines) is 1. The van der Waals surface area contributed by atoms with Crippen LogP contribution in [0.4, 0.5) is 5.69 Å². The molecule has 0 radical (unpaired) electrons. The number of rotatable bonds is 6. The van der Waals surface area contributed by atoms with Crippen molar-refractivity contribution in [3.63, 3.8) is 0 Å². The quantitative estimate of drug-likeness (QED) is 0.185. The number of thiophene rings is 1. The highest BCUT2D eigenvalue weighted by molar-refractivity contribution is 7.70. The van der Waals surface area contributed by atoms with Crippen molar-refractivity contribution in [2.75, 3.05) is 31.7 Å². The Hall–Kier alpha value is -4.02. The maximum Gasteiger partial charge on any atom is 0.255 e. The molecule has 9 heteroatoms. The number of imidazole rings is 1. The van der Waals surface area contributed by atoms with Gasteiger partial charge in [-0.2, -0.15) is 0 Å². The number of hydrogen-bond donors (Lipinski definition) is 1. The number of aryl methyl sites for hydroxylation is 1. The zero-order valence-electron chi connectivity index (χ0n) is 23.9. The van der Waals surface area contributed by atoms with Gasteiger partial charge < -0.3 is 14.4 Å². The molecule has 1 N–H and O–H groups in total. The lowest BCUT2D eigenvalue weighted by molar-refractivity contribution is 0.102. The Labute approximate surface area is 250 Å². The van der Waals surface area contributed by atoms with Crippen LogP contribution in [-0.4, -0.2) is 51.8 Å². The van der Waals surface area contributed by atoms with Gasteiger partial charge in [-0.1, -0.05) is 17.9 Å². The lowest BCUT2D eigenvalue weighted by Gasteiger charge is -2.14. The summed E-state index contributed by atoms with van der Waals surface area (Å²) in [5, 5.41) is 6.76. The average Bonchev–Trinajstić information content (AvgIpc) is 3.75. The first-order valence-electron chi connectivity index (χ1n) is 13.9. The van der Waals surface area contributed by atoms with Crippen LogP contribution >= 0.6 is 18.5 Å². The molecule has 0 spiro atoms. The minimum absolute atomic E-state index is 0.279. The summed E-state index contributed by atoms with van der Waals surface area (Å²) in [7, 11) is -2.64. The molecule has 0 bridgehead atoms. The predicted octanol–water partition coefficient (Wildman–Crippen LogP) is 6.29. The fourth-order valence-electron chi connectivity index (χ4n) is 5.05. The summed E-state index contributed by atoms with van der Waals surface area (Å²) in [6.07, 6.45) is 7.99. The molecule has 5 aromatic rings. The fraction of sp³-hybridized carbons (Fsp3) is 0.242. The topological polar surface area (TPSA) is 80.1 Å². The van der Waals surface area contributed by atoms with Crippen LogP contribution in [0.3, 0.4) is 0 Å². The number of pyridine rings is 1. The Morgan fingerprint density at radius 3 is 2.69 bits per heavy atom. The number of hydrogen-bond acceptors (Lipinski definition) is 6. The molecule has 1 amide bonds. The van der Waals surface area contributed by atoms with E-state index in [0.29, 0.717) is 16.6 Å². The molecule has 7 nitrogen and oxygen atoms in total. The summed E-state index contributed by atoms with van der Waals surface area (Å²) in [4.78, 5) is 26.0. The first-order chi connectivity index (χ1) is 20.2. The van der Waals surface area contributed by atoms with Crippen LogP contribution in [0.1, 0.15) is 45.6 Å². The van der Waals surface area contributed by atoms with Crippen LogP contribution in [0.5, 0.6) is 0 Å². The molecule has 2 aromatic carbocycles. The monoisotopic (exact) mass is 593 g/mol. The van der Waals surface area contributed by atoms with Gasteiger partial charge in [-0.25, -0.2) is 9.97 Å². The molecule has 0 aliphatic carbocycles. The fourth-order valence-corrected chi connectivity index (χ4v) is 6.66. The maximum atomic E-state index is 13.5. The van der Waals surface area contributed by atoms with Crippen molar-refractivity contribution in [3.05, 3.63) is 101 Å². The Morgan fingerprint density at radius 1 is 1.05 bits per heavy atom. The van der Waals surface area contributed by atoms with Crippen LogP contribution in [0, 0.1) is 18.8 Å². The molecular formula is C33H32N5O2PS. The first-order valence-corrected chi connectivity index (χ1v) is 17.4. The van der Waals surface area contributed by atoms with Crippen LogP contribution < -0.4 is 10.6 Å². The van der Waals surface area contributed by atoms with E-state index in [9.17, 15) is 9.36 Å². The molecule has 3 aromatic heterocycles. The number of fused-ring (bicyclic) bond motifs is 1. The molecule has 212 valence electrons. The predicted molar refractivity (Wildman–Crippen MR) is 172 cm³/mol. The number of nitrogens with zero attached hydrogens (tertiary/aromatic N) is 4. The molecular weight excluding hydrogens is 561 g/mol. The van der Waals surface area contributed by atoms with Crippen molar-refractivity contribution in [3.8, 4) is 17.5 Å². The van der Waals surface area contributed by atoms with Crippen molar-refractivity contribution in [2.45, 2.75) is 26.3 Å². The lowest BCUT2D eigenvalue weighted by Crippen LogP contribution is -2.18. The van der Waals surface area contributed by atoms with E-state index >= 15 is 0 Å². The number of aromatic nitrogens is 3. The zero-order valence-corrected chi connectivity index (χ0v) is 25.6. The molecule has 0 atom stereocenters. The second-order valence-electron chi connectivity index (χ2n) is 11.1. The molecule has 0 unspecified atom stereocenters. The summed E-state index contributed by atoms with van der Waals surface area (Å²) >= 11 is 1.61. The van der Waals surface area contributed by atoms with Gasteiger partial charge in [-0.15, -0.1) is 11.3 Å². The summed E-state index contributed by atoms with van der Waals surface area (Å²) in [6.45, 7) is 8.42. The molecule has 1 aliphatic heterocycles. The van der Waals surface area contributed by atoms with Crippen molar-refractivity contribution >= 4 is 45.6 Å². The highest BCUT2D eigenvalue weighted by Crippen LogP contribution is 2.35. The van der Waals surface area contributed by atoms with E-state index in [1.807, 2.05) is 65.5 Å². The standard InChI is InChI=1S/C33H32N5O2PS/c1-23-6-9-28(15-25(23)8-7-24-14-26-10-13-42-33(26)34-19-24)36-32(39)27-16-30(18-31(17-27)41(2,3)40)38-21-29(35-22-38)20-37-11-4-5-12-37/h6,9-10,13-19,21-22H,4-5,11-12,20H2,1-3H3,(H,36,39). The lowest BCUT2D eigenvalue weighted by atomic mass is 10.1. The second kappa shape index (κ2) is 11.7. The van der Waals surface area contributed by atoms with E-state index in [-0.39, 0.29) is 5.91 Å². The molecule has 6 rings (SSSR count). The number of carbonyl (C=O) groups is 1. The largest absolute Gasteiger partial charge is 0.322 e. The Bertz CT molecular complexity index is 1900. The number of amides is 1. The van der Waals surface area contributed by atoms with E-state index < -0.39 is 7.14 Å². The minimum Gasteiger partial charge on any atom is -0.322 e. The van der Waals surface area contributed by atoms with Gasteiger partial charge in [-0.3, -0.25) is 9.69 Å². The van der Waals surface area contributed by atoms with E-state index in [4.69, 9.17) is 0 Å². The van der Waals surface area contributed by atoms with Crippen molar-refractivity contribution < 1.29 is 9.36 Å². The Kier molecular flexibility index (Phi) is 7.83. The number of nitrogens with one attached hydrogen (secondary N) is 1. The van der Waals surface area contributed by atoms with Gasteiger partial charge in [0.25, 0.3) is 5.91 Å². The van der Waals surface area contributed by atoms with Gasteiger partial charge in [0.05, 0.1) is 12.0 Å². The Morgan fingerprint density at radius 2 is 1.88 bits per heavy atom.